The number of benzene rings is 1. The number of aromatic nitrogens is 1. The van der Waals surface area contributed by atoms with Gasteiger partial charge in [0.2, 0.25) is 0 Å². The van der Waals surface area contributed by atoms with E-state index in [9.17, 15) is 5.26 Å². The van der Waals surface area contributed by atoms with E-state index in [-0.39, 0.29) is 0 Å². The van der Waals surface area contributed by atoms with Crippen LogP contribution < -0.4 is 0 Å². The first-order valence-corrected chi connectivity index (χ1v) is 6.64. The van der Waals surface area contributed by atoms with Gasteiger partial charge in [-0.3, -0.25) is 0 Å². The van der Waals surface area contributed by atoms with Gasteiger partial charge in [-0.25, -0.2) is 0 Å². The van der Waals surface area contributed by atoms with E-state index >= 15 is 0 Å². The summed E-state index contributed by atoms with van der Waals surface area (Å²) < 4.78 is 0. The minimum absolute atomic E-state index is 0.373. The molecule has 0 spiro atoms. The fourth-order valence-electron chi connectivity index (χ4n) is 3.78. The number of H-pyrrole nitrogens is 1. The summed E-state index contributed by atoms with van der Waals surface area (Å²) in [6, 6.07) is 6.90. The summed E-state index contributed by atoms with van der Waals surface area (Å²) in [5, 5.41) is 10.7. The maximum absolute atomic E-state index is 9.29. The molecule has 18 heavy (non-hydrogen) atoms. The lowest BCUT2D eigenvalue weighted by molar-refractivity contribution is 0.191. The van der Waals surface area contributed by atoms with E-state index in [1.54, 1.807) is 0 Å². The number of hydrogen-bond donors (Lipinski definition) is 1. The van der Waals surface area contributed by atoms with Crippen molar-refractivity contribution < 1.29 is 0 Å². The first-order chi connectivity index (χ1) is 8.88. The molecule has 1 N–H and O–H groups in total. The number of nitrogens with one attached hydrogen (secondary N) is 1. The van der Waals surface area contributed by atoms with Crippen LogP contribution in [0.4, 0.5) is 0 Å². The smallest absolute Gasteiger partial charge is 0.179 e. The third-order valence-electron chi connectivity index (χ3n) is 4.56. The largest absolute Gasteiger partial charge is 0.361 e. The molecule has 2 aliphatic rings. The number of likely N-dealkylation sites (tertiary alicyclic amines) is 1. The van der Waals surface area contributed by atoms with Crippen LogP contribution in [0.1, 0.15) is 29.9 Å². The van der Waals surface area contributed by atoms with E-state index in [1.807, 2.05) is 4.90 Å². The number of nitrogens with zero attached hydrogens (tertiary/aromatic N) is 2. The van der Waals surface area contributed by atoms with E-state index in [4.69, 9.17) is 0 Å². The van der Waals surface area contributed by atoms with E-state index in [0.717, 1.165) is 19.4 Å². The second-order valence-electron chi connectivity index (χ2n) is 5.40. The molecule has 3 heteroatoms. The highest BCUT2D eigenvalue weighted by Crippen LogP contribution is 2.42. The zero-order valence-electron chi connectivity index (χ0n) is 10.2. The van der Waals surface area contributed by atoms with Crippen molar-refractivity contribution in [1.29, 1.82) is 5.26 Å². The van der Waals surface area contributed by atoms with Crippen molar-refractivity contribution in [3.63, 3.8) is 0 Å². The Morgan fingerprint density at radius 2 is 2.33 bits per heavy atom. The van der Waals surface area contributed by atoms with Crippen molar-refractivity contribution >= 4 is 10.9 Å². The quantitative estimate of drug-likeness (QED) is 0.716. The molecule has 2 heterocycles. The number of rotatable bonds is 0. The molecule has 1 aromatic heterocycles. The van der Waals surface area contributed by atoms with Crippen LogP contribution in [0.5, 0.6) is 0 Å². The van der Waals surface area contributed by atoms with Gasteiger partial charge in [0.25, 0.3) is 0 Å². The van der Waals surface area contributed by atoms with Crippen LogP contribution in [0.25, 0.3) is 10.9 Å². The Labute approximate surface area is 106 Å². The van der Waals surface area contributed by atoms with Gasteiger partial charge < -0.3 is 9.88 Å². The van der Waals surface area contributed by atoms with Crippen molar-refractivity contribution in [1.82, 2.24) is 9.88 Å². The number of hydrogen-bond acceptors (Lipinski definition) is 2. The topological polar surface area (TPSA) is 42.8 Å². The van der Waals surface area contributed by atoms with Gasteiger partial charge in [0, 0.05) is 35.6 Å². The SMILES string of the molecule is N#CN1CCC[C@@H]2c3cccc4[nH]cc(c34)C[C@H]21. The number of aromatic amines is 1. The van der Waals surface area contributed by atoms with Gasteiger partial charge in [-0.2, -0.15) is 5.26 Å². The van der Waals surface area contributed by atoms with Crippen molar-refractivity contribution in [2.24, 2.45) is 0 Å². The van der Waals surface area contributed by atoms with Crippen LogP contribution in [0.2, 0.25) is 0 Å². The Bertz CT molecular complexity index is 649. The third-order valence-corrected chi connectivity index (χ3v) is 4.56. The predicted octanol–water partition coefficient (Wildman–Crippen LogP) is 2.75. The van der Waals surface area contributed by atoms with Gasteiger partial charge in [-0.15, -0.1) is 0 Å². The summed E-state index contributed by atoms with van der Waals surface area (Å²) in [6.07, 6.45) is 7.85. The zero-order valence-corrected chi connectivity index (χ0v) is 10.2. The molecule has 1 aliphatic carbocycles. The molecule has 1 saturated heterocycles. The molecule has 0 bridgehead atoms. The Morgan fingerprint density at radius 1 is 1.39 bits per heavy atom. The Morgan fingerprint density at radius 3 is 3.22 bits per heavy atom. The van der Waals surface area contributed by atoms with Crippen molar-refractivity contribution in [2.75, 3.05) is 6.54 Å². The highest BCUT2D eigenvalue weighted by Gasteiger charge is 2.37. The summed E-state index contributed by atoms with van der Waals surface area (Å²) in [5.74, 6) is 0.533. The summed E-state index contributed by atoms with van der Waals surface area (Å²) >= 11 is 0. The lowest BCUT2D eigenvalue weighted by Crippen LogP contribution is -2.44. The predicted molar refractivity (Wildman–Crippen MR) is 70.1 cm³/mol. The van der Waals surface area contributed by atoms with Gasteiger partial charge in [-0.1, -0.05) is 12.1 Å². The van der Waals surface area contributed by atoms with Crippen molar-refractivity contribution in [3.8, 4) is 6.19 Å². The van der Waals surface area contributed by atoms with Crippen molar-refractivity contribution in [3.05, 3.63) is 35.5 Å². The van der Waals surface area contributed by atoms with Gasteiger partial charge in [-0.05, 0) is 36.5 Å². The zero-order chi connectivity index (χ0) is 12.1. The lowest BCUT2D eigenvalue weighted by Gasteiger charge is -2.41. The van der Waals surface area contributed by atoms with Crippen LogP contribution >= 0.6 is 0 Å². The Kier molecular flexibility index (Phi) is 1.96. The number of piperidine rings is 1. The maximum atomic E-state index is 9.29. The van der Waals surface area contributed by atoms with E-state index in [1.165, 1.54) is 28.5 Å². The van der Waals surface area contributed by atoms with Crippen LogP contribution in [-0.2, 0) is 6.42 Å². The second kappa shape index (κ2) is 3.52. The summed E-state index contributed by atoms with van der Waals surface area (Å²) in [6.45, 7) is 0.924. The Hall–Kier alpha value is -1.95. The van der Waals surface area contributed by atoms with E-state index in [0.29, 0.717) is 12.0 Å². The Balaban J connectivity index is 1.92. The van der Waals surface area contributed by atoms with Crippen molar-refractivity contribution in [2.45, 2.75) is 31.2 Å². The molecule has 3 nitrogen and oxygen atoms in total. The minimum Gasteiger partial charge on any atom is -0.361 e. The average molecular weight is 237 g/mol. The number of fused-ring (bicyclic) bond motifs is 2. The molecule has 1 aromatic carbocycles. The molecular weight excluding hydrogens is 222 g/mol. The molecule has 0 saturated carbocycles. The summed E-state index contributed by atoms with van der Waals surface area (Å²) in [7, 11) is 0. The molecule has 0 amide bonds. The van der Waals surface area contributed by atoms with E-state index < -0.39 is 0 Å². The fraction of sp³-hybridized carbons (Fsp3) is 0.400. The minimum atomic E-state index is 0.373. The molecule has 1 fully saturated rings. The lowest BCUT2D eigenvalue weighted by atomic mass is 9.75. The molecule has 0 radical (unpaired) electrons. The van der Waals surface area contributed by atoms with E-state index in [2.05, 4.69) is 35.6 Å². The molecule has 2 aromatic rings. The van der Waals surface area contributed by atoms with Crippen LogP contribution in [0.3, 0.4) is 0 Å². The maximum Gasteiger partial charge on any atom is 0.179 e. The molecule has 2 atom stereocenters. The first kappa shape index (κ1) is 10.0. The molecule has 4 rings (SSSR count). The molecule has 0 unspecified atom stereocenters. The highest BCUT2D eigenvalue weighted by molar-refractivity contribution is 5.88. The molecular formula is C15H15N3. The fourth-order valence-corrected chi connectivity index (χ4v) is 3.78. The van der Waals surface area contributed by atoms with Gasteiger partial charge in [0.05, 0.1) is 0 Å². The van der Waals surface area contributed by atoms with Crippen LogP contribution in [-0.4, -0.2) is 22.5 Å². The molecule has 1 aliphatic heterocycles. The molecule has 90 valence electrons. The van der Waals surface area contributed by atoms with Gasteiger partial charge in [0.1, 0.15) is 0 Å². The standard InChI is InChI=1S/C15H15N3/c16-9-18-6-2-4-11-12-3-1-5-13-15(12)10(8-17-13)7-14(11)18/h1,3,5,8,11,14,17H,2,4,6-7H2/t11-,14-/m1/s1. The van der Waals surface area contributed by atoms with Gasteiger partial charge >= 0.3 is 0 Å². The monoisotopic (exact) mass is 237 g/mol. The average Bonchev–Trinajstić information content (AvgIpc) is 2.83. The summed E-state index contributed by atoms with van der Waals surface area (Å²) in [5.41, 5.74) is 4.07. The second-order valence-corrected chi connectivity index (χ2v) is 5.40. The first-order valence-electron chi connectivity index (χ1n) is 6.64. The highest BCUT2D eigenvalue weighted by atomic mass is 15.2. The number of nitriles is 1. The van der Waals surface area contributed by atoms with Gasteiger partial charge in [0.15, 0.2) is 6.19 Å². The normalized spacial score (nSPS) is 25.8. The van der Waals surface area contributed by atoms with Crippen LogP contribution in [0, 0.1) is 11.5 Å². The van der Waals surface area contributed by atoms with Crippen LogP contribution in [0.15, 0.2) is 24.4 Å². The summed E-state index contributed by atoms with van der Waals surface area (Å²) in [4.78, 5) is 5.35. The third kappa shape index (κ3) is 1.18.